The second-order valence-electron chi connectivity index (χ2n) is 11.7. The van der Waals surface area contributed by atoms with Crippen LogP contribution in [0, 0.1) is 28.6 Å². The summed E-state index contributed by atoms with van der Waals surface area (Å²) in [7, 11) is 0. The van der Waals surface area contributed by atoms with Crippen molar-refractivity contribution in [3.8, 4) is 34.4 Å². The third-order valence-electron chi connectivity index (χ3n) is 9.41. The van der Waals surface area contributed by atoms with E-state index in [2.05, 4.69) is 128 Å². The van der Waals surface area contributed by atoms with Crippen LogP contribution in [0.25, 0.3) is 40.0 Å². The van der Waals surface area contributed by atoms with Crippen molar-refractivity contribution in [2.45, 2.75) is 25.7 Å². The Morgan fingerprint density at radius 1 is 0.711 bits per heavy atom. The summed E-state index contributed by atoms with van der Waals surface area (Å²) in [5, 5.41) is 19.0. The minimum atomic E-state index is -0.554. The van der Waals surface area contributed by atoms with Crippen LogP contribution >= 0.6 is 0 Å². The van der Waals surface area contributed by atoms with Gasteiger partial charge in [0.25, 0.3) is 0 Å². The van der Waals surface area contributed by atoms with Crippen molar-refractivity contribution >= 4 is 17.7 Å². The molecule has 0 aromatic heterocycles. The maximum atomic E-state index is 9.58. The normalized spacial score (nSPS) is 14.5. The zero-order valence-electron chi connectivity index (χ0n) is 25.5. The smallest absolute Gasteiger partial charge is 0.0991 e. The average molecular weight is 577 g/mol. The number of allylic oxidation sites excluding steroid dienone is 4. The van der Waals surface area contributed by atoms with Gasteiger partial charge in [-0.15, -0.1) is 0 Å². The molecule has 1 atom stereocenters. The second-order valence-corrected chi connectivity index (χ2v) is 11.7. The van der Waals surface area contributed by atoms with E-state index in [0.29, 0.717) is 5.56 Å². The highest BCUT2D eigenvalue weighted by Crippen LogP contribution is 2.59. The molecule has 0 radical (unpaired) electrons. The largest absolute Gasteiger partial charge is 0.198 e. The SMILES string of the molecule is C/C=C(\C=C/C(C#N)CC)c1ccc2c(c1)C1(c3cc(-c4ccc(C#N)cc4)ccc3C=C2)c2ccccc2-c2ccccc21. The molecule has 0 bridgehead atoms. The van der Waals surface area contributed by atoms with E-state index in [0.717, 1.165) is 28.7 Å². The molecule has 2 heteroatoms. The molecule has 5 aromatic carbocycles. The summed E-state index contributed by atoms with van der Waals surface area (Å²) < 4.78 is 0. The summed E-state index contributed by atoms with van der Waals surface area (Å²) in [6, 6.07) is 43.8. The number of rotatable bonds is 5. The van der Waals surface area contributed by atoms with Crippen LogP contribution in [0.1, 0.15) is 64.8 Å². The molecule has 1 unspecified atom stereocenters. The van der Waals surface area contributed by atoms with Gasteiger partial charge in [-0.25, -0.2) is 0 Å². The van der Waals surface area contributed by atoms with E-state index in [1.807, 2.05) is 37.3 Å². The van der Waals surface area contributed by atoms with Crippen molar-refractivity contribution in [2.75, 3.05) is 0 Å². The maximum Gasteiger partial charge on any atom is 0.0991 e. The highest BCUT2D eigenvalue weighted by molar-refractivity contribution is 5.92. The van der Waals surface area contributed by atoms with Crippen molar-refractivity contribution in [1.82, 2.24) is 0 Å². The van der Waals surface area contributed by atoms with Gasteiger partial charge in [-0.3, -0.25) is 0 Å². The fraction of sp³-hybridized carbons (Fsp3) is 0.116. The Morgan fingerprint density at radius 3 is 1.91 bits per heavy atom. The molecule has 0 heterocycles. The molecule has 0 amide bonds. The van der Waals surface area contributed by atoms with E-state index in [1.165, 1.54) is 44.5 Å². The van der Waals surface area contributed by atoms with Crippen molar-refractivity contribution in [3.05, 3.63) is 172 Å². The fourth-order valence-electron chi connectivity index (χ4n) is 7.14. The Hall–Kier alpha value is -5.70. The van der Waals surface area contributed by atoms with Gasteiger partial charge in [0, 0.05) is 0 Å². The van der Waals surface area contributed by atoms with E-state index in [4.69, 9.17) is 0 Å². The van der Waals surface area contributed by atoms with Gasteiger partial charge >= 0.3 is 0 Å². The molecular formula is C43H32N2. The minimum Gasteiger partial charge on any atom is -0.198 e. The van der Waals surface area contributed by atoms with Crippen LogP contribution in [-0.4, -0.2) is 0 Å². The van der Waals surface area contributed by atoms with Crippen LogP contribution in [0.3, 0.4) is 0 Å². The average Bonchev–Trinajstić information content (AvgIpc) is 3.31. The summed E-state index contributed by atoms with van der Waals surface area (Å²) in [5.41, 5.74) is 14.4. The Balaban J connectivity index is 1.54. The van der Waals surface area contributed by atoms with Crippen LogP contribution in [0.5, 0.6) is 0 Å². The lowest BCUT2D eigenvalue weighted by molar-refractivity contribution is 0.766. The van der Waals surface area contributed by atoms with Crippen molar-refractivity contribution in [1.29, 1.82) is 10.5 Å². The van der Waals surface area contributed by atoms with Gasteiger partial charge in [-0.2, -0.15) is 10.5 Å². The molecule has 0 aliphatic heterocycles. The number of benzene rings is 5. The standard InChI is InChI=1S/C43H32N2/c1-3-29(27-44)13-16-31(4-2)35-23-21-33-19-20-34-22-24-36(32-17-14-30(28-45)15-18-32)26-42(34)43(41(33)25-35)39-11-7-5-9-37(39)38-10-6-8-12-40(38)43/h4-26,29H,3H2,1-2H3/b16-13-,31-4+. The van der Waals surface area contributed by atoms with Gasteiger partial charge < -0.3 is 0 Å². The van der Waals surface area contributed by atoms with Crippen LogP contribution in [0.4, 0.5) is 0 Å². The van der Waals surface area contributed by atoms with Gasteiger partial charge in [-0.1, -0.05) is 122 Å². The minimum absolute atomic E-state index is 0.115. The first-order chi connectivity index (χ1) is 22.1. The first kappa shape index (κ1) is 28.1. The Kier molecular flexibility index (Phi) is 7.13. The van der Waals surface area contributed by atoms with Crippen molar-refractivity contribution in [2.24, 2.45) is 5.92 Å². The number of nitrogens with zero attached hydrogens (tertiary/aromatic N) is 2. The molecule has 0 saturated carbocycles. The zero-order valence-corrected chi connectivity index (χ0v) is 25.5. The summed E-state index contributed by atoms with van der Waals surface area (Å²) in [4.78, 5) is 0. The molecule has 7 rings (SSSR count). The van der Waals surface area contributed by atoms with Gasteiger partial charge in [0.2, 0.25) is 0 Å². The van der Waals surface area contributed by atoms with Gasteiger partial charge in [0.05, 0.1) is 29.0 Å². The lowest BCUT2D eigenvalue weighted by Gasteiger charge is -2.36. The van der Waals surface area contributed by atoms with Gasteiger partial charge in [0.1, 0.15) is 0 Å². The molecule has 2 aliphatic rings. The quantitative estimate of drug-likeness (QED) is 0.191. The Bertz CT molecular complexity index is 2080. The Morgan fingerprint density at radius 2 is 1.31 bits per heavy atom. The molecule has 1 spiro atoms. The molecular weight excluding hydrogens is 544 g/mol. The summed E-state index contributed by atoms with van der Waals surface area (Å²) in [6.07, 6.45) is 11.6. The van der Waals surface area contributed by atoms with E-state index in [-0.39, 0.29) is 5.92 Å². The van der Waals surface area contributed by atoms with E-state index >= 15 is 0 Å². The number of fused-ring (bicyclic) bond motifs is 9. The summed E-state index contributed by atoms with van der Waals surface area (Å²) in [5.74, 6) is -0.115. The zero-order chi connectivity index (χ0) is 31.0. The predicted octanol–water partition coefficient (Wildman–Crippen LogP) is 10.6. The van der Waals surface area contributed by atoms with E-state index in [1.54, 1.807) is 0 Å². The second kappa shape index (κ2) is 11.4. The molecule has 45 heavy (non-hydrogen) atoms. The Labute approximate surface area is 265 Å². The predicted molar refractivity (Wildman–Crippen MR) is 185 cm³/mol. The molecule has 0 N–H and O–H groups in total. The molecule has 2 nitrogen and oxygen atoms in total. The van der Waals surface area contributed by atoms with E-state index < -0.39 is 5.41 Å². The third-order valence-corrected chi connectivity index (χ3v) is 9.41. The topological polar surface area (TPSA) is 47.6 Å². The third kappa shape index (κ3) is 4.47. The van der Waals surface area contributed by atoms with Crippen molar-refractivity contribution in [3.63, 3.8) is 0 Å². The fourth-order valence-corrected chi connectivity index (χ4v) is 7.14. The lowest BCUT2D eigenvalue weighted by Crippen LogP contribution is -2.30. The summed E-state index contributed by atoms with van der Waals surface area (Å²) in [6.45, 7) is 4.11. The highest BCUT2D eigenvalue weighted by Gasteiger charge is 2.48. The van der Waals surface area contributed by atoms with Crippen LogP contribution in [0.15, 0.2) is 127 Å². The molecule has 214 valence electrons. The number of hydrogen-bond acceptors (Lipinski definition) is 2. The molecule has 5 aromatic rings. The number of hydrogen-bond donors (Lipinski definition) is 0. The first-order valence-electron chi connectivity index (χ1n) is 15.5. The van der Waals surface area contributed by atoms with E-state index in [9.17, 15) is 10.5 Å². The molecule has 0 fully saturated rings. The lowest BCUT2D eigenvalue weighted by atomic mass is 9.65. The van der Waals surface area contributed by atoms with Gasteiger partial charge in [-0.05, 0) is 104 Å². The van der Waals surface area contributed by atoms with Crippen molar-refractivity contribution < 1.29 is 0 Å². The van der Waals surface area contributed by atoms with Gasteiger partial charge in [0.15, 0.2) is 0 Å². The number of nitriles is 2. The van der Waals surface area contributed by atoms with Crippen LogP contribution in [0.2, 0.25) is 0 Å². The molecule has 0 saturated heterocycles. The monoisotopic (exact) mass is 576 g/mol. The van der Waals surface area contributed by atoms with Crippen LogP contribution < -0.4 is 0 Å². The van der Waals surface area contributed by atoms with Crippen LogP contribution in [-0.2, 0) is 5.41 Å². The summed E-state index contributed by atoms with van der Waals surface area (Å²) >= 11 is 0. The highest BCUT2D eigenvalue weighted by atomic mass is 14.5. The molecule has 2 aliphatic carbocycles. The maximum absolute atomic E-state index is 9.58. The first-order valence-corrected chi connectivity index (χ1v) is 15.5.